The molecule has 0 saturated heterocycles. The first-order valence-corrected chi connectivity index (χ1v) is 12.4. The first-order valence-electron chi connectivity index (χ1n) is 12.4. The van der Waals surface area contributed by atoms with Crippen LogP contribution in [0.15, 0.2) is 18.2 Å². The van der Waals surface area contributed by atoms with Gasteiger partial charge in [0.25, 0.3) is 0 Å². The second kappa shape index (κ2) is 13.3. The van der Waals surface area contributed by atoms with Gasteiger partial charge in [0.2, 0.25) is 11.8 Å². The number of esters is 1. The Morgan fingerprint density at radius 1 is 0.972 bits per heavy atom. The van der Waals surface area contributed by atoms with Gasteiger partial charge in [0.15, 0.2) is 0 Å². The highest BCUT2D eigenvalue weighted by Gasteiger charge is 2.40. The van der Waals surface area contributed by atoms with Gasteiger partial charge in [-0.15, -0.1) is 0 Å². The van der Waals surface area contributed by atoms with Gasteiger partial charge < -0.3 is 25.0 Å². The monoisotopic (exact) mass is 505 g/mol. The van der Waals surface area contributed by atoms with Crippen molar-refractivity contribution in [1.82, 2.24) is 15.5 Å². The average Bonchev–Trinajstić information content (AvgIpc) is 2.76. The quantitative estimate of drug-likeness (QED) is 0.440. The largest absolute Gasteiger partial charge is 0.466 e. The van der Waals surface area contributed by atoms with E-state index >= 15 is 0 Å². The molecule has 36 heavy (non-hydrogen) atoms. The Bertz CT molecular complexity index is 936. The number of hydrogen-bond acceptors (Lipinski definition) is 6. The maximum Gasteiger partial charge on any atom is 0.408 e. The molecule has 0 heterocycles. The first kappa shape index (κ1) is 30.9. The Hall–Kier alpha value is -3.10. The number of carbonyl (C=O) groups is 4. The second-order valence-electron chi connectivity index (χ2n) is 10.4. The van der Waals surface area contributed by atoms with Crippen molar-refractivity contribution in [2.24, 2.45) is 0 Å². The lowest BCUT2D eigenvalue weighted by Gasteiger charge is -2.43. The number of ether oxygens (including phenoxy) is 2. The van der Waals surface area contributed by atoms with Crippen molar-refractivity contribution in [3.05, 3.63) is 34.9 Å². The van der Waals surface area contributed by atoms with Gasteiger partial charge in [0.05, 0.1) is 13.0 Å². The number of alkyl carbamates (subject to hydrolysis) is 1. The Kier molecular flexibility index (Phi) is 11.4. The Balaban J connectivity index is 3.33. The maximum absolute atomic E-state index is 13.6. The average molecular weight is 506 g/mol. The molecule has 1 aromatic rings. The molecule has 0 saturated carbocycles. The molecule has 2 N–H and O–H groups in total. The second-order valence-corrected chi connectivity index (χ2v) is 10.4. The molecule has 3 amide bonds. The van der Waals surface area contributed by atoms with Crippen molar-refractivity contribution in [3.63, 3.8) is 0 Å². The molecule has 0 bridgehead atoms. The zero-order valence-electron chi connectivity index (χ0n) is 23.2. The highest BCUT2D eigenvalue weighted by atomic mass is 16.6. The lowest BCUT2D eigenvalue weighted by molar-refractivity contribution is -0.147. The Morgan fingerprint density at radius 3 is 2.14 bits per heavy atom. The van der Waals surface area contributed by atoms with Crippen LogP contribution in [0, 0.1) is 13.8 Å². The van der Waals surface area contributed by atoms with Gasteiger partial charge in [-0.1, -0.05) is 25.1 Å². The van der Waals surface area contributed by atoms with Crippen molar-refractivity contribution in [2.75, 3.05) is 19.7 Å². The van der Waals surface area contributed by atoms with Crippen LogP contribution in [-0.2, 0) is 23.9 Å². The SMILES string of the molecule is CCOC(=O)CCNC(=O)C(c1ccc(C)c(C)c1)N(C(=O)CNC(=O)OC(C)(C)C)C(C)(C)CC. The molecule has 9 nitrogen and oxygen atoms in total. The molecule has 0 spiro atoms. The zero-order chi connectivity index (χ0) is 27.7. The summed E-state index contributed by atoms with van der Waals surface area (Å²) in [6.07, 6.45) is -0.139. The molecule has 1 unspecified atom stereocenters. The zero-order valence-corrected chi connectivity index (χ0v) is 23.2. The molecule has 0 aliphatic rings. The lowest BCUT2D eigenvalue weighted by atomic mass is 9.91. The van der Waals surface area contributed by atoms with Crippen LogP contribution in [0.25, 0.3) is 0 Å². The number of nitrogens with one attached hydrogen (secondary N) is 2. The van der Waals surface area contributed by atoms with Crippen LogP contribution >= 0.6 is 0 Å². The molecule has 0 aliphatic carbocycles. The minimum atomic E-state index is -0.977. The summed E-state index contributed by atoms with van der Waals surface area (Å²) >= 11 is 0. The van der Waals surface area contributed by atoms with Gasteiger partial charge in [-0.25, -0.2) is 4.79 Å². The van der Waals surface area contributed by atoms with E-state index in [2.05, 4.69) is 10.6 Å². The van der Waals surface area contributed by atoms with Crippen molar-refractivity contribution < 1.29 is 28.7 Å². The van der Waals surface area contributed by atoms with Crippen molar-refractivity contribution in [1.29, 1.82) is 0 Å². The van der Waals surface area contributed by atoms with Gasteiger partial charge >= 0.3 is 12.1 Å². The first-order chi connectivity index (χ1) is 16.6. The molecule has 1 aromatic carbocycles. The summed E-state index contributed by atoms with van der Waals surface area (Å²) in [7, 11) is 0. The molecule has 9 heteroatoms. The normalized spacial score (nSPS) is 12.4. The lowest BCUT2D eigenvalue weighted by Crippen LogP contribution is -2.56. The third-order valence-electron chi connectivity index (χ3n) is 5.86. The van der Waals surface area contributed by atoms with E-state index in [0.29, 0.717) is 12.0 Å². The summed E-state index contributed by atoms with van der Waals surface area (Å²) in [5.41, 5.74) is 1.23. The number of nitrogens with zero attached hydrogens (tertiary/aromatic N) is 1. The molecule has 0 aliphatic heterocycles. The number of amides is 3. The fraction of sp³-hybridized carbons (Fsp3) is 0.630. The molecule has 0 aromatic heterocycles. The molecular weight excluding hydrogens is 462 g/mol. The minimum Gasteiger partial charge on any atom is -0.466 e. The van der Waals surface area contributed by atoms with E-state index in [0.717, 1.165) is 11.1 Å². The summed E-state index contributed by atoms with van der Waals surface area (Å²) in [5.74, 6) is -1.27. The molecule has 1 atom stereocenters. The van der Waals surface area contributed by atoms with E-state index in [-0.39, 0.29) is 26.1 Å². The Morgan fingerprint density at radius 2 is 1.61 bits per heavy atom. The predicted octanol–water partition coefficient (Wildman–Crippen LogP) is 3.96. The van der Waals surface area contributed by atoms with E-state index in [1.54, 1.807) is 27.7 Å². The standard InChI is InChI=1S/C27H43N3O6/c1-10-27(8,9)30(21(31)17-29-25(34)36-26(5,6)7)23(20-13-12-18(3)19(4)16-20)24(33)28-15-14-22(32)35-11-2/h12-13,16,23H,10-11,14-15,17H2,1-9H3,(H,28,33)(H,29,34). The van der Waals surface area contributed by atoms with E-state index in [4.69, 9.17) is 9.47 Å². The van der Waals surface area contributed by atoms with Crippen molar-refractivity contribution in [3.8, 4) is 0 Å². The molecule has 1 rings (SSSR count). The van der Waals surface area contributed by atoms with Crippen LogP contribution in [0.4, 0.5) is 4.79 Å². The molecule has 202 valence electrons. The minimum absolute atomic E-state index is 0.0184. The van der Waals surface area contributed by atoms with Crippen LogP contribution in [0.2, 0.25) is 0 Å². The maximum atomic E-state index is 13.6. The number of aryl methyl sites for hydroxylation is 2. The summed E-state index contributed by atoms with van der Waals surface area (Å²) in [6.45, 7) is 16.5. The predicted molar refractivity (Wildman–Crippen MR) is 138 cm³/mol. The summed E-state index contributed by atoms with van der Waals surface area (Å²) in [4.78, 5) is 52.6. The number of benzene rings is 1. The highest BCUT2D eigenvalue weighted by Crippen LogP contribution is 2.32. The van der Waals surface area contributed by atoms with E-state index in [9.17, 15) is 19.2 Å². The number of carbonyl (C=O) groups excluding carboxylic acids is 4. The van der Waals surface area contributed by atoms with Gasteiger partial charge in [-0.05, 0) is 78.5 Å². The molecular formula is C27H43N3O6. The fourth-order valence-electron chi connectivity index (χ4n) is 3.52. The number of rotatable bonds is 11. The molecule has 0 fully saturated rings. The fourth-order valence-corrected chi connectivity index (χ4v) is 3.52. The van der Waals surface area contributed by atoms with E-state index in [1.165, 1.54) is 4.90 Å². The van der Waals surface area contributed by atoms with E-state index < -0.39 is 41.1 Å². The summed E-state index contributed by atoms with van der Waals surface area (Å²) < 4.78 is 10.2. The summed E-state index contributed by atoms with van der Waals surface area (Å²) in [6, 6.07) is 4.64. The molecule has 0 radical (unpaired) electrons. The van der Waals surface area contributed by atoms with Crippen LogP contribution < -0.4 is 10.6 Å². The smallest absolute Gasteiger partial charge is 0.408 e. The Labute approximate surface area is 215 Å². The van der Waals surface area contributed by atoms with E-state index in [1.807, 2.05) is 52.8 Å². The van der Waals surface area contributed by atoms with Crippen molar-refractivity contribution >= 4 is 23.9 Å². The topological polar surface area (TPSA) is 114 Å². The van der Waals surface area contributed by atoms with Crippen LogP contribution in [-0.4, -0.2) is 59.6 Å². The third-order valence-corrected chi connectivity index (χ3v) is 5.86. The summed E-state index contributed by atoms with van der Waals surface area (Å²) in [5, 5.41) is 5.29. The van der Waals surface area contributed by atoms with Gasteiger partial charge in [-0.2, -0.15) is 0 Å². The van der Waals surface area contributed by atoms with Crippen LogP contribution in [0.3, 0.4) is 0 Å². The van der Waals surface area contributed by atoms with Gasteiger partial charge in [0.1, 0.15) is 18.2 Å². The van der Waals surface area contributed by atoms with Gasteiger partial charge in [0, 0.05) is 12.1 Å². The third kappa shape index (κ3) is 9.51. The van der Waals surface area contributed by atoms with Gasteiger partial charge in [-0.3, -0.25) is 14.4 Å². The number of hydrogen-bond donors (Lipinski definition) is 2. The van der Waals surface area contributed by atoms with Crippen molar-refractivity contribution in [2.45, 2.75) is 92.3 Å². The van der Waals surface area contributed by atoms with Crippen LogP contribution in [0.1, 0.15) is 84.0 Å². The van der Waals surface area contributed by atoms with Crippen LogP contribution in [0.5, 0.6) is 0 Å². The highest BCUT2D eigenvalue weighted by molar-refractivity contribution is 5.91.